The number of anilines is 1. The Balaban J connectivity index is 1.85. The predicted octanol–water partition coefficient (Wildman–Crippen LogP) is 3.61. The van der Waals surface area contributed by atoms with Crippen LogP contribution in [0.3, 0.4) is 0 Å². The molecule has 0 aromatic carbocycles. The van der Waals surface area contributed by atoms with Crippen LogP contribution < -0.4 is 4.90 Å². The molecule has 1 N–H and O–H groups in total. The minimum Gasteiger partial charge on any atom is -0.363 e. The van der Waals surface area contributed by atoms with Gasteiger partial charge in [0.15, 0.2) is 0 Å². The van der Waals surface area contributed by atoms with E-state index in [-0.39, 0.29) is 6.04 Å². The minimum absolute atomic E-state index is 0.287. The molecule has 4 rings (SSSR count). The van der Waals surface area contributed by atoms with Gasteiger partial charge in [0.1, 0.15) is 22.3 Å². The molecule has 0 radical (unpaired) electrons. The molecule has 0 spiro atoms. The van der Waals surface area contributed by atoms with E-state index >= 15 is 0 Å². The molecule has 5 nitrogen and oxygen atoms in total. The second kappa shape index (κ2) is 5.11. The zero-order valence-electron chi connectivity index (χ0n) is 11.8. The highest BCUT2D eigenvalue weighted by Gasteiger charge is 2.27. The van der Waals surface area contributed by atoms with Gasteiger partial charge in [-0.15, -0.1) is 0 Å². The van der Waals surface area contributed by atoms with Crippen molar-refractivity contribution in [2.24, 2.45) is 0 Å². The Morgan fingerprint density at radius 1 is 1.32 bits per heavy atom. The fourth-order valence-corrected chi connectivity index (χ4v) is 3.42. The van der Waals surface area contributed by atoms with Crippen molar-refractivity contribution in [3.05, 3.63) is 46.2 Å². The van der Waals surface area contributed by atoms with Gasteiger partial charge in [-0.1, -0.05) is 23.2 Å². The lowest BCUT2D eigenvalue weighted by atomic mass is 10.00. The molecular formula is C15H13Cl2N5. The first-order chi connectivity index (χ1) is 10.6. The highest BCUT2D eigenvalue weighted by atomic mass is 35.5. The van der Waals surface area contributed by atoms with Crippen molar-refractivity contribution in [3.8, 4) is 0 Å². The Kier molecular flexibility index (Phi) is 3.20. The van der Waals surface area contributed by atoms with Crippen LogP contribution in [-0.4, -0.2) is 26.0 Å². The quantitative estimate of drug-likeness (QED) is 0.546. The molecule has 0 fully saturated rings. The summed E-state index contributed by atoms with van der Waals surface area (Å²) in [6.45, 7) is 2.84. The average Bonchev–Trinajstić information content (AvgIpc) is 2.94. The number of H-pyrrole nitrogens is 1. The van der Waals surface area contributed by atoms with E-state index in [0.717, 1.165) is 34.4 Å². The summed E-state index contributed by atoms with van der Waals surface area (Å²) >= 11 is 12.4. The third-order valence-corrected chi connectivity index (χ3v) is 4.64. The van der Waals surface area contributed by atoms with Gasteiger partial charge in [-0.3, -0.25) is 0 Å². The molecule has 4 heterocycles. The number of halogens is 2. The monoisotopic (exact) mass is 333 g/mol. The van der Waals surface area contributed by atoms with Crippen molar-refractivity contribution >= 4 is 39.9 Å². The van der Waals surface area contributed by atoms with Crippen LogP contribution in [0.5, 0.6) is 0 Å². The summed E-state index contributed by atoms with van der Waals surface area (Å²) in [5, 5.41) is 2.04. The number of nitrogens with zero attached hydrogens (tertiary/aromatic N) is 4. The smallest absolute Gasteiger partial charge is 0.141 e. The molecule has 0 aliphatic carbocycles. The van der Waals surface area contributed by atoms with Crippen LogP contribution in [-0.2, 0) is 13.0 Å². The van der Waals surface area contributed by atoms with Gasteiger partial charge in [0.25, 0.3) is 0 Å². The number of nitrogens with one attached hydrogen (secondary N) is 1. The topological polar surface area (TPSA) is 57.7 Å². The molecule has 1 atom stereocenters. The number of hydrogen-bond acceptors (Lipinski definition) is 4. The number of rotatable bonds is 1. The van der Waals surface area contributed by atoms with Gasteiger partial charge in [0, 0.05) is 36.2 Å². The van der Waals surface area contributed by atoms with Crippen LogP contribution >= 0.6 is 23.2 Å². The molecule has 0 saturated heterocycles. The third kappa shape index (κ3) is 2.12. The lowest BCUT2D eigenvalue weighted by molar-refractivity contribution is 0.580. The zero-order valence-corrected chi connectivity index (χ0v) is 13.4. The summed E-state index contributed by atoms with van der Waals surface area (Å²) in [6, 6.07) is 4.20. The normalized spacial score (nSPS) is 17.8. The molecule has 3 aromatic rings. The van der Waals surface area contributed by atoms with Gasteiger partial charge >= 0.3 is 0 Å². The average molecular weight is 334 g/mol. The molecule has 0 saturated carbocycles. The molecule has 7 heteroatoms. The second-order valence-electron chi connectivity index (χ2n) is 5.47. The first-order valence-corrected chi connectivity index (χ1v) is 7.77. The summed E-state index contributed by atoms with van der Waals surface area (Å²) in [6.07, 6.45) is 4.22. The summed E-state index contributed by atoms with van der Waals surface area (Å²) < 4.78 is 0. The van der Waals surface area contributed by atoms with Crippen molar-refractivity contribution in [1.29, 1.82) is 0 Å². The lowest BCUT2D eigenvalue weighted by Gasteiger charge is -2.36. The van der Waals surface area contributed by atoms with E-state index in [0.29, 0.717) is 16.9 Å². The third-order valence-electron chi connectivity index (χ3n) is 4.12. The van der Waals surface area contributed by atoms with E-state index in [2.05, 4.69) is 31.8 Å². The Morgan fingerprint density at radius 2 is 2.18 bits per heavy atom. The predicted molar refractivity (Wildman–Crippen MR) is 87.5 cm³/mol. The van der Waals surface area contributed by atoms with E-state index in [9.17, 15) is 0 Å². The van der Waals surface area contributed by atoms with Crippen molar-refractivity contribution in [2.75, 3.05) is 4.90 Å². The largest absolute Gasteiger partial charge is 0.363 e. The molecule has 0 bridgehead atoms. The van der Waals surface area contributed by atoms with Gasteiger partial charge in [0.2, 0.25) is 0 Å². The van der Waals surface area contributed by atoms with Crippen LogP contribution in [0.15, 0.2) is 24.7 Å². The first-order valence-electron chi connectivity index (χ1n) is 7.02. The second-order valence-corrected chi connectivity index (χ2v) is 6.22. The van der Waals surface area contributed by atoms with Gasteiger partial charge in [-0.2, -0.15) is 0 Å². The number of hydrogen-bond donors (Lipinski definition) is 1. The van der Waals surface area contributed by atoms with Crippen LogP contribution in [0, 0.1) is 0 Å². The van der Waals surface area contributed by atoms with Gasteiger partial charge in [0.05, 0.1) is 11.4 Å². The molecule has 1 aliphatic heterocycles. The van der Waals surface area contributed by atoms with Gasteiger partial charge < -0.3 is 9.88 Å². The van der Waals surface area contributed by atoms with Gasteiger partial charge in [-0.25, -0.2) is 15.0 Å². The summed E-state index contributed by atoms with van der Waals surface area (Å²) in [4.78, 5) is 18.2. The summed E-state index contributed by atoms with van der Waals surface area (Å²) in [5.74, 6) is 0. The zero-order chi connectivity index (χ0) is 15.3. The standard InChI is InChI=1S/C15H13Cl2N5/c1-8-4-11-10(14(17)20-7-19-11)6-22(8)12-5-13(16)21-15-9(12)2-3-18-15/h2-3,5,7-8H,4,6H2,1H3,(H,18,21). The van der Waals surface area contributed by atoms with E-state index in [1.807, 2.05) is 18.3 Å². The molecular weight excluding hydrogens is 321 g/mol. The van der Waals surface area contributed by atoms with Crippen LogP contribution in [0.2, 0.25) is 10.3 Å². The fraction of sp³-hybridized carbons (Fsp3) is 0.267. The Hall–Kier alpha value is -1.85. The number of aromatic amines is 1. The maximum atomic E-state index is 6.25. The van der Waals surface area contributed by atoms with E-state index in [1.54, 1.807) is 0 Å². The number of pyridine rings is 1. The van der Waals surface area contributed by atoms with Gasteiger partial charge in [-0.05, 0) is 19.1 Å². The molecule has 0 amide bonds. The SMILES string of the molecule is CC1Cc2ncnc(Cl)c2CN1c1cc(Cl)nc2[nH]ccc12. The first kappa shape index (κ1) is 13.8. The molecule has 112 valence electrons. The van der Waals surface area contributed by atoms with Crippen molar-refractivity contribution in [2.45, 2.75) is 25.9 Å². The molecule has 1 unspecified atom stereocenters. The highest BCUT2D eigenvalue weighted by Crippen LogP contribution is 2.35. The van der Waals surface area contributed by atoms with Crippen molar-refractivity contribution < 1.29 is 0 Å². The van der Waals surface area contributed by atoms with Crippen LogP contribution in [0.1, 0.15) is 18.2 Å². The van der Waals surface area contributed by atoms with Crippen LogP contribution in [0.4, 0.5) is 5.69 Å². The number of aromatic nitrogens is 4. The van der Waals surface area contributed by atoms with Crippen LogP contribution in [0.25, 0.3) is 11.0 Å². The highest BCUT2D eigenvalue weighted by molar-refractivity contribution is 6.30. The molecule has 22 heavy (non-hydrogen) atoms. The van der Waals surface area contributed by atoms with E-state index in [1.165, 1.54) is 6.33 Å². The maximum Gasteiger partial charge on any atom is 0.141 e. The Labute approximate surface area is 137 Å². The molecule has 3 aromatic heterocycles. The summed E-state index contributed by atoms with van der Waals surface area (Å²) in [5.41, 5.74) is 3.85. The van der Waals surface area contributed by atoms with Crippen molar-refractivity contribution in [3.63, 3.8) is 0 Å². The molecule has 1 aliphatic rings. The van der Waals surface area contributed by atoms with E-state index < -0.39 is 0 Å². The fourth-order valence-electron chi connectivity index (χ4n) is 3.02. The number of fused-ring (bicyclic) bond motifs is 2. The maximum absolute atomic E-state index is 6.25. The summed E-state index contributed by atoms with van der Waals surface area (Å²) in [7, 11) is 0. The Morgan fingerprint density at radius 3 is 3.05 bits per heavy atom. The van der Waals surface area contributed by atoms with Crippen molar-refractivity contribution in [1.82, 2.24) is 19.9 Å². The Bertz CT molecular complexity index is 860. The minimum atomic E-state index is 0.287. The van der Waals surface area contributed by atoms with E-state index in [4.69, 9.17) is 23.2 Å². The lowest BCUT2D eigenvalue weighted by Crippen LogP contribution is -2.39.